The Balaban J connectivity index is 1.28. The highest BCUT2D eigenvalue weighted by atomic mass is 32.1. The molecule has 1 aliphatic carbocycles. The van der Waals surface area contributed by atoms with Crippen LogP contribution in [0.2, 0.25) is 0 Å². The molecule has 204 valence electrons. The number of benzene rings is 1. The van der Waals surface area contributed by atoms with Gasteiger partial charge in [-0.25, -0.2) is 14.8 Å². The number of ketones is 1. The van der Waals surface area contributed by atoms with Crippen LogP contribution in [0.1, 0.15) is 38.4 Å². The van der Waals surface area contributed by atoms with Gasteiger partial charge in [-0.3, -0.25) is 14.7 Å². The van der Waals surface area contributed by atoms with Crippen molar-refractivity contribution in [3.05, 3.63) is 46.3 Å². The molecule has 3 N–H and O–H groups in total. The third-order valence-electron chi connectivity index (χ3n) is 7.77. The highest BCUT2D eigenvalue weighted by Crippen LogP contribution is 2.45. The maximum absolute atomic E-state index is 13.9. The van der Waals surface area contributed by atoms with Crippen molar-refractivity contribution < 1.29 is 19.1 Å². The van der Waals surface area contributed by atoms with Crippen LogP contribution in [-0.4, -0.2) is 102 Å². The number of nitrogens with zero attached hydrogens (tertiary/aromatic N) is 5. The lowest BCUT2D eigenvalue weighted by Gasteiger charge is -2.36. The number of ether oxygens (including phenoxy) is 1. The van der Waals surface area contributed by atoms with E-state index in [4.69, 9.17) is 10.5 Å². The number of nitrogens with one attached hydrogen (secondary N) is 1. The van der Waals surface area contributed by atoms with Crippen LogP contribution >= 0.6 is 11.3 Å². The smallest absolute Gasteiger partial charge is 0.334 e. The largest absolute Gasteiger partial charge is 0.379 e. The first kappa shape index (κ1) is 25.7. The number of fused-ring (bicyclic) bond motifs is 3. The number of anilines is 1. The number of aromatic amines is 1. The molecule has 1 aromatic carbocycles. The molecule has 3 aliphatic rings. The Morgan fingerprint density at radius 1 is 1.08 bits per heavy atom. The molecular formula is C27H31N7O4S. The first-order valence-corrected chi connectivity index (χ1v) is 13.9. The maximum Gasteiger partial charge on any atom is 0.334 e. The van der Waals surface area contributed by atoms with E-state index in [1.807, 2.05) is 23.1 Å². The highest BCUT2D eigenvalue weighted by Gasteiger charge is 2.38. The number of carbonyl (C=O) groups is 3. The summed E-state index contributed by atoms with van der Waals surface area (Å²) in [6.07, 6.45) is 1.90. The van der Waals surface area contributed by atoms with Gasteiger partial charge in [-0.2, -0.15) is 5.10 Å². The Morgan fingerprint density at radius 2 is 1.82 bits per heavy atom. The topological polar surface area (TPSA) is 128 Å². The van der Waals surface area contributed by atoms with Crippen LogP contribution < -0.4 is 10.7 Å². The van der Waals surface area contributed by atoms with Crippen LogP contribution in [0.25, 0.3) is 21.8 Å². The zero-order valence-electron chi connectivity index (χ0n) is 22.0. The molecule has 0 radical (unpaired) electrons. The number of morpholine rings is 1. The van der Waals surface area contributed by atoms with E-state index >= 15 is 0 Å². The summed E-state index contributed by atoms with van der Waals surface area (Å²) in [5, 5.41) is 10.7. The van der Waals surface area contributed by atoms with E-state index in [0.29, 0.717) is 71.0 Å². The van der Waals surface area contributed by atoms with Crippen LogP contribution in [0.15, 0.2) is 30.3 Å². The molecule has 39 heavy (non-hydrogen) atoms. The molecule has 2 aromatic heterocycles. The van der Waals surface area contributed by atoms with E-state index in [9.17, 15) is 14.4 Å². The average molecular weight is 550 g/mol. The van der Waals surface area contributed by atoms with Crippen LogP contribution in [0.3, 0.4) is 0 Å². The quantitative estimate of drug-likeness (QED) is 0.392. The van der Waals surface area contributed by atoms with Crippen molar-refractivity contribution in [1.29, 1.82) is 0 Å². The molecule has 2 fully saturated rings. The summed E-state index contributed by atoms with van der Waals surface area (Å²) in [5.74, 6) is -0.218. The summed E-state index contributed by atoms with van der Waals surface area (Å²) in [6.45, 7) is 3.35. The summed E-state index contributed by atoms with van der Waals surface area (Å²) in [6, 6.07) is 8.85. The van der Waals surface area contributed by atoms with Crippen LogP contribution in [0, 0.1) is 0 Å². The Bertz CT molecular complexity index is 1430. The van der Waals surface area contributed by atoms with E-state index in [2.05, 4.69) is 29.2 Å². The number of hydrazine groups is 1. The van der Waals surface area contributed by atoms with Crippen molar-refractivity contribution in [2.75, 3.05) is 58.5 Å². The first-order valence-electron chi connectivity index (χ1n) is 13.1. The Kier molecular flexibility index (Phi) is 6.71. The minimum Gasteiger partial charge on any atom is -0.379 e. The van der Waals surface area contributed by atoms with Gasteiger partial charge in [0.2, 0.25) is 0 Å². The van der Waals surface area contributed by atoms with Gasteiger partial charge >= 0.3 is 6.03 Å². The zero-order chi connectivity index (χ0) is 27.3. The number of hydrogen-bond donors (Lipinski definition) is 2. The molecule has 3 amide bonds. The van der Waals surface area contributed by atoms with Gasteiger partial charge in [0.25, 0.3) is 5.91 Å². The predicted octanol–water partition coefficient (Wildman–Crippen LogP) is 2.65. The van der Waals surface area contributed by atoms with Gasteiger partial charge in [0, 0.05) is 37.8 Å². The van der Waals surface area contributed by atoms with Gasteiger partial charge in [0.05, 0.1) is 45.5 Å². The lowest BCUT2D eigenvalue weighted by Crippen LogP contribution is -2.54. The molecule has 0 bridgehead atoms. The molecular weight excluding hydrogens is 518 g/mol. The number of carbonyl (C=O) groups excluding carboxylic acids is 3. The molecule has 6 rings (SSSR count). The molecule has 0 saturated carbocycles. The number of H-pyrrole nitrogens is 1. The summed E-state index contributed by atoms with van der Waals surface area (Å²) < 4.78 is 5.42. The number of primary amides is 1. The van der Waals surface area contributed by atoms with E-state index < -0.39 is 6.03 Å². The predicted molar refractivity (Wildman–Crippen MR) is 148 cm³/mol. The van der Waals surface area contributed by atoms with Crippen molar-refractivity contribution in [1.82, 2.24) is 25.0 Å². The monoisotopic (exact) mass is 549 g/mol. The Morgan fingerprint density at radius 3 is 2.51 bits per heavy atom. The lowest BCUT2D eigenvalue weighted by atomic mass is 10.0. The number of nitrogens with two attached hydrogens (primary N) is 1. The number of thiophene rings is 1. The van der Waals surface area contributed by atoms with Crippen molar-refractivity contribution in [3.8, 4) is 21.8 Å². The maximum atomic E-state index is 13.9. The number of amides is 3. The molecule has 12 heteroatoms. The highest BCUT2D eigenvalue weighted by molar-refractivity contribution is 7.17. The van der Waals surface area contributed by atoms with Gasteiger partial charge in [-0.15, -0.1) is 11.3 Å². The second-order valence-electron chi connectivity index (χ2n) is 10.2. The SMILES string of the molecule is CN(C)C1CCN(C(=O)c2ccc(-c3[nH]nc4c3C(=O)c3c-4cccc3N(C(N)=O)N3CCOCC3)s2)CC1. The second kappa shape index (κ2) is 10.2. The zero-order valence-corrected chi connectivity index (χ0v) is 22.8. The molecule has 0 atom stereocenters. The summed E-state index contributed by atoms with van der Waals surface area (Å²) in [7, 11) is 4.15. The lowest BCUT2D eigenvalue weighted by molar-refractivity contribution is 0.0364. The molecule has 11 nitrogen and oxygen atoms in total. The van der Waals surface area contributed by atoms with E-state index in [1.54, 1.807) is 17.1 Å². The van der Waals surface area contributed by atoms with Crippen molar-refractivity contribution in [2.45, 2.75) is 18.9 Å². The number of likely N-dealkylation sites (tertiary alicyclic amines) is 1. The molecule has 2 saturated heterocycles. The molecule has 3 aromatic rings. The number of piperidine rings is 1. The van der Waals surface area contributed by atoms with Crippen LogP contribution in [0.5, 0.6) is 0 Å². The third kappa shape index (κ3) is 4.42. The Labute approximate surface area is 230 Å². The number of rotatable bonds is 5. The number of urea groups is 1. The first-order chi connectivity index (χ1) is 18.8. The fourth-order valence-corrected chi connectivity index (χ4v) is 6.68. The fourth-order valence-electron chi connectivity index (χ4n) is 5.71. The van der Waals surface area contributed by atoms with Gasteiger partial charge in [-0.1, -0.05) is 12.1 Å². The van der Waals surface area contributed by atoms with Crippen molar-refractivity contribution >= 4 is 34.7 Å². The third-order valence-corrected chi connectivity index (χ3v) is 8.86. The Hall–Kier alpha value is -3.58. The van der Waals surface area contributed by atoms with Crippen LogP contribution in [0.4, 0.5) is 10.5 Å². The summed E-state index contributed by atoms with van der Waals surface area (Å²) in [4.78, 5) is 45.2. The molecule has 0 spiro atoms. The standard InChI is InChI=1S/C27H31N7O4S/c1-31(2)16-8-10-32(11-9-16)26(36)20-7-6-19(39-20)24-22-23(29-30-24)17-4-3-5-18(21(17)25(22)35)34(27(28)37)33-12-14-38-15-13-33/h3-7,16H,8-15H2,1-2H3,(H2,28,37)(H,29,30). The van der Waals surface area contributed by atoms with Gasteiger partial charge in [0.15, 0.2) is 5.78 Å². The molecule has 2 aliphatic heterocycles. The van der Waals surface area contributed by atoms with Gasteiger partial charge in [0.1, 0.15) is 5.69 Å². The summed E-state index contributed by atoms with van der Waals surface area (Å²) in [5.41, 5.74) is 8.81. The number of aromatic nitrogens is 2. The normalized spacial score (nSPS) is 17.9. The minimum atomic E-state index is -0.666. The number of hydrogen-bond acceptors (Lipinski definition) is 8. The van der Waals surface area contributed by atoms with E-state index in [0.717, 1.165) is 30.8 Å². The van der Waals surface area contributed by atoms with Crippen molar-refractivity contribution in [3.63, 3.8) is 0 Å². The minimum absolute atomic E-state index is 0.0131. The summed E-state index contributed by atoms with van der Waals surface area (Å²) >= 11 is 1.35. The van der Waals surface area contributed by atoms with Gasteiger partial charge < -0.3 is 20.3 Å². The fraction of sp³-hybridized carbons (Fsp3) is 0.407. The van der Waals surface area contributed by atoms with Crippen molar-refractivity contribution in [2.24, 2.45) is 5.73 Å². The van der Waals surface area contributed by atoms with E-state index in [-0.39, 0.29) is 11.7 Å². The van der Waals surface area contributed by atoms with Crippen LogP contribution in [-0.2, 0) is 4.74 Å². The van der Waals surface area contributed by atoms with E-state index in [1.165, 1.54) is 16.3 Å². The molecule has 4 heterocycles. The second-order valence-corrected chi connectivity index (χ2v) is 11.3. The molecule has 0 unspecified atom stereocenters. The van der Waals surface area contributed by atoms with Gasteiger partial charge in [-0.05, 0) is 45.1 Å². The average Bonchev–Trinajstić information content (AvgIpc) is 3.66.